The lowest BCUT2D eigenvalue weighted by molar-refractivity contribution is -0.385. The van der Waals surface area contributed by atoms with Gasteiger partial charge in [0.2, 0.25) is 0 Å². The molecule has 2 N–H and O–H groups in total. The van der Waals surface area contributed by atoms with Gasteiger partial charge in [-0.15, -0.1) is 0 Å². The molecule has 1 aromatic heterocycles. The highest BCUT2D eigenvalue weighted by atomic mass is 127. The number of carbonyl (C=O) groups is 2. The number of alkyl halides is 1. The summed E-state index contributed by atoms with van der Waals surface area (Å²) in [5, 5.41) is 31.3. The first-order chi connectivity index (χ1) is 13.7. The van der Waals surface area contributed by atoms with E-state index in [1.807, 2.05) is 22.6 Å². The number of benzene rings is 1. The van der Waals surface area contributed by atoms with E-state index < -0.39 is 40.3 Å². The summed E-state index contributed by atoms with van der Waals surface area (Å²) in [5.74, 6) is -1.33. The largest absolute Gasteiger partial charge is 0.480 e. The minimum atomic E-state index is -1.38. The molecule has 0 unspecified atom stereocenters. The number of rotatable bonds is 4. The third-order valence-electron chi connectivity index (χ3n) is 4.98. The summed E-state index contributed by atoms with van der Waals surface area (Å²) in [6, 6.07) is 4.54. The van der Waals surface area contributed by atoms with Gasteiger partial charge in [0.15, 0.2) is 0 Å². The van der Waals surface area contributed by atoms with Crippen LogP contribution in [-0.2, 0) is 9.35 Å². The number of carboxylic acid groups (broad SMARTS) is 2. The molecule has 1 fully saturated rings. The van der Waals surface area contributed by atoms with Crippen LogP contribution in [0.4, 0.5) is 16.2 Å². The number of nitrogens with zero attached hydrogens (tertiary/aromatic N) is 4. The van der Waals surface area contributed by atoms with E-state index in [9.17, 15) is 34.7 Å². The van der Waals surface area contributed by atoms with Crippen LogP contribution in [0.1, 0.15) is 6.92 Å². The maximum Gasteiger partial charge on any atom is 0.407 e. The minimum absolute atomic E-state index is 0.0963. The first-order valence-corrected chi connectivity index (χ1v) is 10.1. The smallest absolute Gasteiger partial charge is 0.407 e. The number of aliphatic carboxylic acids is 1. The number of halogens is 1. The Balaban J connectivity index is 2.34. The second-order valence-corrected chi connectivity index (χ2v) is 7.30. The fourth-order valence-corrected chi connectivity index (χ4v) is 4.33. The standard InChI is InChI=1S/C17H17IN4O7/c1-9-6-20(12(16(24)25)7-19(9)17(26)27)13-10-4-2-3-5-11(10)21(8-18)15(23)14(13)22(28)29/h2-5,9,12H,6-8H2,1H3,(H,24,25)(H,26,27)/t9-,12-/m1/s1. The van der Waals surface area contributed by atoms with Gasteiger partial charge in [0.1, 0.15) is 11.7 Å². The molecule has 2 atom stereocenters. The average molecular weight is 516 g/mol. The Morgan fingerprint density at radius 1 is 1.28 bits per heavy atom. The summed E-state index contributed by atoms with van der Waals surface area (Å²) >= 11 is 1.92. The van der Waals surface area contributed by atoms with Crippen LogP contribution in [0.5, 0.6) is 0 Å². The molecule has 1 aromatic carbocycles. The summed E-state index contributed by atoms with van der Waals surface area (Å²) in [7, 11) is 0. The van der Waals surface area contributed by atoms with Crippen molar-refractivity contribution in [2.45, 2.75) is 23.6 Å². The van der Waals surface area contributed by atoms with Crippen molar-refractivity contribution in [1.82, 2.24) is 9.47 Å². The Bertz CT molecular complexity index is 1070. The maximum atomic E-state index is 12.9. The van der Waals surface area contributed by atoms with Gasteiger partial charge in [-0.25, -0.2) is 9.59 Å². The third-order valence-corrected chi connectivity index (χ3v) is 5.66. The molecule has 1 saturated heterocycles. The summed E-state index contributed by atoms with van der Waals surface area (Å²) < 4.78 is 1.42. The Morgan fingerprint density at radius 2 is 1.93 bits per heavy atom. The second-order valence-electron chi connectivity index (χ2n) is 6.61. The van der Waals surface area contributed by atoms with Crippen LogP contribution in [0, 0.1) is 10.1 Å². The molecule has 2 heterocycles. The number of hydrogen-bond acceptors (Lipinski definition) is 6. The predicted octanol–water partition coefficient (Wildman–Crippen LogP) is 1.94. The average Bonchev–Trinajstić information content (AvgIpc) is 2.66. The quantitative estimate of drug-likeness (QED) is 0.272. The van der Waals surface area contributed by atoms with E-state index in [1.54, 1.807) is 31.2 Å². The Morgan fingerprint density at radius 3 is 2.48 bits per heavy atom. The molecule has 3 rings (SSSR count). The number of nitro groups is 1. The summed E-state index contributed by atoms with van der Waals surface area (Å²) in [5.41, 5.74) is -1.22. The van der Waals surface area contributed by atoms with Gasteiger partial charge >= 0.3 is 23.3 Å². The lowest BCUT2D eigenvalue weighted by Gasteiger charge is -2.43. The molecule has 0 bridgehead atoms. The number of aromatic nitrogens is 1. The van der Waals surface area contributed by atoms with Crippen molar-refractivity contribution in [3.8, 4) is 0 Å². The SMILES string of the molecule is C[C@@H]1CN(c2c([N+](=O)[O-])c(=O)n(CI)c3ccccc23)[C@@H](C(=O)O)CN1C(=O)O. The Kier molecular flexibility index (Phi) is 5.64. The number of carboxylic acids is 1. The molecule has 11 nitrogen and oxygen atoms in total. The number of amides is 1. The van der Waals surface area contributed by atoms with Crippen molar-refractivity contribution in [2.24, 2.45) is 0 Å². The topological polar surface area (TPSA) is 146 Å². The normalized spacial score (nSPS) is 19.4. The van der Waals surface area contributed by atoms with Gasteiger partial charge in [-0.05, 0) is 13.0 Å². The highest BCUT2D eigenvalue weighted by Gasteiger charge is 2.42. The summed E-state index contributed by atoms with van der Waals surface area (Å²) in [4.78, 5) is 49.5. The molecule has 0 radical (unpaired) electrons. The number of hydrogen-bond donors (Lipinski definition) is 2. The number of para-hydroxylation sites is 1. The van der Waals surface area contributed by atoms with Gasteiger partial charge < -0.3 is 20.0 Å². The van der Waals surface area contributed by atoms with Crippen molar-refractivity contribution in [3.05, 3.63) is 44.7 Å². The molecule has 0 spiro atoms. The lowest BCUT2D eigenvalue weighted by Crippen LogP contribution is -2.61. The van der Waals surface area contributed by atoms with Gasteiger partial charge in [-0.2, -0.15) is 0 Å². The monoisotopic (exact) mass is 516 g/mol. The van der Waals surface area contributed by atoms with Crippen LogP contribution in [0.3, 0.4) is 0 Å². The number of anilines is 1. The first-order valence-electron chi connectivity index (χ1n) is 8.53. The van der Waals surface area contributed by atoms with E-state index in [1.165, 1.54) is 9.47 Å². The highest BCUT2D eigenvalue weighted by molar-refractivity contribution is 14.1. The molecule has 12 heteroatoms. The number of fused-ring (bicyclic) bond motifs is 1. The van der Waals surface area contributed by atoms with E-state index in [0.717, 1.165) is 4.90 Å². The fourth-order valence-electron chi connectivity index (χ4n) is 3.65. The van der Waals surface area contributed by atoms with Crippen molar-refractivity contribution in [2.75, 3.05) is 18.0 Å². The first kappa shape index (κ1) is 20.8. The molecule has 1 aliphatic heterocycles. The van der Waals surface area contributed by atoms with E-state index in [0.29, 0.717) is 10.9 Å². The molecular formula is C17H17IN4O7. The van der Waals surface area contributed by atoms with Gasteiger partial charge in [0.25, 0.3) is 0 Å². The molecule has 2 aromatic rings. The van der Waals surface area contributed by atoms with Crippen LogP contribution in [0.2, 0.25) is 0 Å². The van der Waals surface area contributed by atoms with Gasteiger partial charge in [-0.1, -0.05) is 40.8 Å². The molecule has 1 amide bonds. The Labute approximate surface area is 177 Å². The molecule has 0 aliphatic carbocycles. The van der Waals surface area contributed by atoms with Gasteiger partial charge in [0.05, 0.1) is 21.5 Å². The van der Waals surface area contributed by atoms with E-state index >= 15 is 0 Å². The van der Waals surface area contributed by atoms with Crippen LogP contribution >= 0.6 is 22.6 Å². The molecule has 29 heavy (non-hydrogen) atoms. The van der Waals surface area contributed by atoms with Crippen LogP contribution in [0.15, 0.2) is 29.1 Å². The van der Waals surface area contributed by atoms with Crippen molar-refractivity contribution < 1.29 is 24.7 Å². The molecular weight excluding hydrogens is 499 g/mol. The van der Waals surface area contributed by atoms with Crippen LogP contribution in [0.25, 0.3) is 10.9 Å². The number of piperazine rings is 1. The molecule has 1 aliphatic rings. The number of pyridine rings is 1. The van der Waals surface area contributed by atoms with Crippen LogP contribution in [-0.4, -0.2) is 61.8 Å². The zero-order valence-electron chi connectivity index (χ0n) is 15.2. The minimum Gasteiger partial charge on any atom is -0.480 e. The van der Waals surface area contributed by atoms with E-state index in [4.69, 9.17) is 0 Å². The fraction of sp³-hybridized carbons (Fsp3) is 0.353. The summed E-state index contributed by atoms with van der Waals surface area (Å²) in [6.45, 7) is 1.09. The van der Waals surface area contributed by atoms with E-state index in [2.05, 4.69) is 0 Å². The third kappa shape index (κ3) is 3.47. The molecule has 0 saturated carbocycles. The lowest BCUT2D eigenvalue weighted by atomic mass is 10.0. The predicted molar refractivity (Wildman–Crippen MR) is 112 cm³/mol. The van der Waals surface area contributed by atoms with Crippen molar-refractivity contribution in [1.29, 1.82) is 0 Å². The zero-order chi connectivity index (χ0) is 21.5. The second kappa shape index (κ2) is 7.85. The van der Waals surface area contributed by atoms with Crippen LogP contribution < -0.4 is 10.5 Å². The van der Waals surface area contributed by atoms with Crippen molar-refractivity contribution in [3.63, 3.8) is 0 Å². The molecule has 154 valence electrons. The zero-order valence-corrected chi connectivity index (χ0v) is 17.3. The van der Waals surface area contributed by atoms with E-state index in [-0.39, 0.29) is 23.3 Å². The Hall–Kier alpha value is -2.90. The maximum absolute atomic E-state index is 12.9. The van der Waals surface area contributed by atoms with Gasteiger partial charge in [-0.3, -0.25) is 19.5 Å². The summed E-state index contributed by atoms with van der Waals surface area (Å²) in [6.07, 6.45) is -1.27. The van der Waals surface area contributed by atoms with Gasteiger partial charge in [0, 0.05) is 18.0 Å². The van der Waals surface area contributed by atoms with Crippen molar-refractivity contribution >= 4 is 56.9 Å². The highest BCUT2D eigenvalue weighted by Crippen LogP contribution is 2.36.